The van der Waals surface area contributed by atoms with Crippen molar-refractivity contribution in [3.63, 3.8) is 0 Å². The lowest BCUT2D eigenvalue weighted by molar-refractivity contribution is 0.377. The summed E-state index contributed by atoms with van der Waals surface area (Å²) in [5, 5.41) is 5.16. The summed E-state index contributed by atoms with van der Waals surface area (Å²) < 4.78 is 5.29. The number of piperazine rings is 1. The third-order valence-corrected chi connectivity index (χ3v) is 4.97. The summed E-state index contributed by atoms with van der Waals surface area (Å²) in [5.74, 6) is 0.877. The number of rotatable bonds is 3. The first-order valence-electron chi connectivity index (χ1n) is 7.38. The van der Waals surface area contributed by atoms with E-state index in [1.807, 2.05) is 30.3 Å². The Bertz CT molecular complexity index is 670. The van der Waals surface area contributed by atoms with Crippen LogP contribution in [0.5, 0.6) is 0 Å². The standard InChI is InChI=1S/C16H17Cl2N3OS/c17-14-4-3-12(10-15(14)18)20-5-7-21(8-6-20)16(23)19-11-13-2-1-9-22-13/h1-4,9-10H,5-8,11H2,(H,19,23). The van der Waals surface area contributed by atoms with Gasteiger partial charge < -0.3 is 19.5 Å². The second kappa shape index (κ2) is 7.43. The fraction of sp³-hybridized carbons (Fsp3) is 0.312. The number of hydrogen-bond acceptors (Lipinski definition) is 3. The first-order chi connectivity index (χ1) is 11.1. The lowest BCUT2D eigenvalue weighted by Gasteiger charge is -2.37. The first-order valence-corrected chi connectivity index (χ1v) is 8.55. The molecule has 0 unspecified atom stereocenters. The maximum Gasteiger partial charge on any atom is 0.169 e. The van der Waals surface area contributed by atoms with Crippen LogP contribution in [0.4, 0.5) is 5.69 Å². The van der Waals surface area contributed by atoms with Gasteiger partial charge in [0, 0.05) is 31.9 Å². The van der Waals surface area contributed by atoms with Gasteiger partial charge in [-0.05, 0) is 42.5 Å². The highest BCUT2D eigenvalue weighted by atomic mass is 35.5. The largest absolute Gasteiger partial charge is 0.467 e. The van der Waals surface area contributed by atoms with E-state index in [-0.39, 0.29) is 0 Å². The Morgan fingerprint density at radius 3 is 2.57 bits per heavy atom. The molecule has 0 amide bonds. The molecule has 1 N–H and O–H groups in total. The van der Waals surface area contributed by atoms with Gasteiger partial charge in [0.05, 0.1) is 22.9 Å². The van der Waals surface area contributed by atoms with Crippen molar-refractivity contribution in [1.29, 1.82) is 0 Å². The lowest BCUT2D eigenvalue weighted by Crippen LogP contribution is -2.51. The molecular weight excluding hydrogens is 353 g/mol. The fourth-order valence-electron chi connectivity index (χ4n) is 2.54. The molecule has 0 bridgehead atoms. The van der Waals surface area contributed by atoms with Gasteiger partial charge in [-0.25, -0.2) is 0 Å². The molecule has 7 heteroatoms. The van der Waals surface area contributed by atoms with Gasteiger partial charge in [-0.1, -0.05) is 23.2 Å². The summed E-state index contributed by atoms with van der Waals surface area (Å²) in [6.07, 6.45) is 1.66. The normalized spacial score (nSPS) is 14.9. The highest BCUT2D eigenvalue weighted by molar-refractivity contribution is 7.80. The molecule has 1 saturated heterocycles. The molecular formula is C16H17Cl2N3OS. The zero-order valence-corrected chi connectivity index (χ0v) is 14.8. The van der Waals surface area contributed by atoms with E-state index in [1.54, 1.807) is 6.26 Å². The van der Waals surface area contributed by atoms with Crippen LogP contribution in [0.25, 0.3) is 0 Å². The van der Waals surface area contributed by atoms with Crippen molar-refractivity contribution >= 4 is 46.2 Å². The van der Waals surface area contributed by atoms with Gasteiger partial charge in [0.25, 0.3) is 0 Å². The van der Waals surface area contributed by atoms with Crippen molar-refractivity contribution in [3.05, 3.63) is 52.4 Å². The predicted octanol–water partition coefficient (Wildman–Crippen LogP) is 3.78. The Labute approximate surface area is 151 Å². The summed E-state index contributed by atoms with van der Waals surface area (Å²) in [5.41, 5.74) is 1.09. The predicted molar refractivity (Wildman–Crippen MR) is 98.4 cm³/mol. The fourth-order valence-corrected chi connectivity index (χ4v) is 3.08. The molecule has 0 saturated carbocycles. The molecule has 0 radical (unpaired) electrons. The van der Waals surface area contributed by atoms with Crippen LogP contribution in [0.15, 0.2) is 41.0 Å². The second-order valence-corrected chi connectivity index (χ2v) is 6.51. The van der Waals surface area contributed by atoms with Gasteiger partial charge in [0.2, 0.25) is 0 Å². The summed E-state index contributed by atoms with van der Waals surface area (Å²) >= 11 is 17.5. The second-order valence-electron chi connectivity index (χ2n) is 5.31. The van der Waals surface area contributed by atoms with Crippen molar-refractivity contribution < 1.29 is 4.42 Å². The Hall–Kier alpha value is -1.43. The molecule has 1 fully saturated rings. The van der Waals surface area contributed by atoms with Gasteiger partial charge in [0.15, 0.2) is 5.11 Å². The molecule has 1 aromatic carbocycles. The molecule has 1 aliphatic heterocycles. The number of nitrogens with zero attached hydrogens (tertiary/aromatic N) is 2. The van der Waals surface area contributed by atoms with Crippen molar-refractivity contribution in [2.24, 2.45) is 0 Å². The van der Waals surface area contributed by atoms with E-state index in [0.717, 1.165) is 42.7 Å². The van der Waals surface area contributed by atoms with Crippen LogP contribution in [0.1, 0.15) is 5.76 Å². The number of thiocarbonyl (C=S) groups is 1. The van der Waals surface area contributed by atoms with Crippen LogP contribution >= 0.6 is 35.4 Å². The molecule has 1 aromatic heterocycles. The average molecular weight is 370 g/mol. The molecule has 0 atom stereocenters. The van der Waals surface area contributed by atoms with Gasteiger partial charge in [0.1, 0.15) is 5.76 Å². The van der Waals surface area contributed by atoms with E-state index in [9.17, 15) is 0 Å². The van der Waals surface area contributed by atoms with Crippen LogP contribution in [-0.4, -0.2) is 36.2 Å². The number of furan rings is 1. The Balaban J connectivity index is 1.51. The topological polar surface area (TPSA) is 31.7 Å². The summed E-state index contributed by atoms with van der Waals surface area (Å²) in [7, 11) is 0. The minimum atomic E-state index is 0.581. The quantitative estimate of drug-likeness (QED) is 0.832. The third kappa shape index (κ3) is 4.10. The van der Waals surface area contributed by atoms with E-state index in [4.69, 9.17) is 39.8 Å². The molecule has 2 heterocycles. The molecule has 0 aliphatic carbocycles. The Morgan fingerprint density at radius 1 is 1.13 bits per heavy atom. The van der Waals surface area contributed by atoms with Crippen molar-refractivity contribution in [2.45, 2.75) is 6.54 Å². The maximum atomic E-state index is 6.09. The third-order valence-electron chi connectivity index (χ3n) is 3.83. The van der Waals surface area contributed by atoms with E-state index in [2.05, 4.69) is 15.1 Å². The van der Waals surface area contributed by atoms with E-state index < -0.39 is 0 Å². The molecule has 23 heavy (non-hydrogen) atoms. The zero-order chi connectivity index (χ0) is 16.2. The summed E-state index contributed by atoms with van der Waals surface area (Å²) in [6, 6.07) is 9.54. The minimum Gasteiger partial charge on any atom is -0.467 e. The monoisotopic (exact) mass is 369 g/mol. The zero-order valence-electron chi connectivity index (χ0n) is 12.5. The Morgan fingerprint density at radius 2 is 1.91 bits per heavy atom. The molecule has 2 aromatic rings. The van der Waals surface area contributed by atoms with Gasteiger partial charge >= 0.3 is 0 Å². The van der Waals surface area contributed by atoms with E-state index >= 15 is 0 Å². The van der Waals surface area contributed by atoms with Crippen LogP contribution in [0, 0.1) is 0 Å². The first kappa shape index (κ1) is 16.4. The lowest BCUT2D eigenvalue weighted by atomic mass is 10.2. The number of hydrogen-bond donors (Lipinski definition) is 1. The van der Waals surface area contributed by atoms with Gasteiger partial charge in [-0.3, -0.25) is 0 Å². The van der Waals surface area contributed by atoms with Crippen molar-refractivity contribution in [2.75, 3.05) is 31.1 Å². The van der Waals surface area contributed by atoms with Crippen LogP contribution < -0.4 is 10.2 Å². The number of benzene rings is 1. The van der Waals surface area contributed by atoms with Crippen LogP contribution in [0.3, 0.4) is 0 Å². The Kier molecular flexibility index (Phi) is 5.30. The van der Waals surface area contributed by atoms with E-state index in [0.29, 0.717) is 16.6 Å². The van der Waals surface area contributed by atoms with Crippen LogP contribution in [-0.2, 0) is 6.54 Å². The average Bonchev–Trinajstić information content (AvgIpc) is 3.09. The van der Waals surface area contributed by atoms with Gasteiger partial charge in [-0.15, -0.1) is 0 Å². The number of nitrogens with one attached hydrogen (secondary N) is 1. The number of anilines is 1. The number of halogens is 2. The van der Waals surface area contributed by atoms with Gasteiger partial charge in [-0.2, -0.15) is 0 Å². The summed E-state index contributed by atoms with van der Waals surface area (Å²) in [6.45, 7) is 4.12. The van der Waals surface area contributed by atoms with E-state index in [1.165, 1.54) is 0 Å². The highest BCUT2D eigenvalue weighted by Crippen LogP contribution is 2.27. The molecule has 122 valence electrons. The minimum absolute atomic E-state index is 0.581. The molecule has 4 nitrogen and oxygen atoms in total. The highest BCUT2D eigenvalue weighted by Gasteiger charge is 2.19. The van der Waals surface area contributed by atoms with Crippen molar-refractivity contribution in [3.8, 4) is 0 Å². The van der Waals surface area contributed by atoms with Crippen LogP contribution in [0.2, 0.25) is 10.0 Å². The van der Waals surface area contributed by atoms with Crippen molar-refractivity contribution in [1.82, 2.24) is 10.2 Å². The molecule has 1 aliphatic rings. The smallest absolute Gasteiger partial charge is 0.169 e. The maximum absolute atomic E-state index is 6.09. The summed E-state index contributed by atoms with van der Waals surface area (Å²) in [4.78, 5) is 4.46. The molecule has 0 spiro atoms. The SMILES string of the molecule is S=C(NCc1ccco1)N1CCN(c2ccc(Cl)c(Cl)c2)CC1. The molecule has 3 rings (SSSR count).